The number of pyridine rings is 1. The molecule has 6 rings (SSSR count). The monoisotopic (exact) mass is 605 g/mol. The Hall–Kier alpha value is -4.86. The normalized spacial score (nSPS) is 14.1. The lowest BCUT2D eigenvalue weighted by molar-refractivity contribution is 0.102. The minimum Gasteiger partial charge on any atom is -0.507 e. The Morgan fingerprint density at radius 3 is 2.22 bits per heavy atom. The number of hydrogen-bond acceptors (Lipinski definition) is 7. The third-order valence-corrected chi connectivity index (χ3v) is 8.74. The third kappa shape index (κ3) is 6.64. The first-order valence-electron chi connectivity index (χ1n) is 15.3. The number of aromatic hydroxyl groups is 2. The van der Waals surface area contributed by atoms with Gasteiger partial charge in [0.05, 0.1) is 5.56 Å². The summed E-state index contributed by atoms with van der Waals surface area (Å²) in [6.45, 7) is 11.0. The molecule has 5 aromatic rings. The maximum absolute atomic E-state index is 12.9. The topological polar surface area (TPSA) is 103 Å². The average molecular weight is 606 g/mol. The van der Waals surface area contributed by atoms with E-state index in [1.165, 1.54) is 34.3 Å². The molecule has 9 nitrogen and oxygen atoms in total. The molecule has 3 N–H and O–H groups in total. The Kier molecular flexibility index (Phi) is 8.73. The van der Waals surface area contributed by atoms with Gasteiger partial charge in [-0.1, -0.05) is 0 Å². The highest BCUT2D eigenvalue weighted by molar-refractivity contribution is 6.04. The fourth-order valence-electron chi connectivity index (χ4n) is 6.02. The summed E-state index contributed by atoms with van der Waals surface area (Å²) in [7, 11) is 2.19. The van der Waals surface area contributed by atoms with Crippen LogP contribution in [0.25, 0.3) is 22.0 Å². The molecule has 1 fully saturated rings. The minimum atomic E-state index is -0.376. The van der Waals surface area contributed by atoms with E-state index in [1.54, 1.807) is 48.8 Å². The van der Waals surface area contributed by atoms with E-state index in [4.69, 9.17) is 4.74 Å². The zero-order valence-corrected chi connectivity index (χ0v) is 26.0. The Morgan fingerprint density at radius 2 is 1.53 bits per heavy atom. The molecule has 0 atom stereocenters. The van der Waals surface area contributed by atoms with Gasteiger partial charge in [0.1, 0.15) is 23.0 Å². The van der Waals surface area contributed by atoms with Crippen molar-refractivity contribution in [3.63, 3.8) is 0 Å². The van der Waals surface area contributed by atoms with Crippen LogP contribution in [0.2, 0.25) is 0 Å². The van der Waals surface area contributed by atoms with Gasteiger partial charge in [0.25, 0.3) is 5.91 Å². The van der Waals surface area contributed by atoms with Crippen molar-refractivity contribution in [2.45, 2.75) is 26.8 Å². The molecule has 3 heterocycles. The summed E-state index contributed by atoms with van der Waals surface area (Å²) in [5.41, 5.74) is 5.34. The molecule has 0 spiro atoms. The van der Waals surface area contributed by atoms with Crippen LogP contribution in [0.15, 0.2) is 79.1 Å². The molecular weight excluding hydrogens is 566 g/mol. The van der Waals surface area contributed by atoms with Gasteiger partial charge in [-0.2, -0.15) is 0 Å². The van der Waals surface area contributed by atoms with Crippen LogP contribution in [-0.4, -0.2) is 75.2 Å². The molecule has 1 amide bonds. The number of aromatic nitrogens is 2. The van der Waals surface area contributed by atoms with Gasteiger partial charge in [-0.05, 0) is 99.6 Å². The van der Waals surface area contributed by atoms with Gasteiger partial charge in [0.2, 0.25) is 0 Å². The summed E-state index contributed by atoms with van der Waals surface area (Å²) < 4.78 is 8.60. The van der Waals surface area contributed by atoms with Gasteiger partial charge >= 0.3 is 0 Å². The fraction of sp³-hybridized carbons (Fsp3) is 0.278. The second-order valence-electron chi connectivity index (χ2n) is 11.7. The number of rotatable bonds is 9. The highest BCUT2D eigenvalue weighted by atomic mass is 16.5. The van der Waals surface area contributed by atoms with E-state index in [0.717, 1.165) is 51.4 Å². The summed E-state index contributed by atoms with van der Waals surface area (Å²) in [6, 6.07) is 19.3. The van der Waals surface area contributed by atoms with Crippen LogP contribution in [0, 0.1) is 13.8 Å². The van der Waals surface area contributed by atoms with E-state index in [2.05, 4.69) is 57.7 Å². The van der Waals surface area contributed by atoms with E-state index in [9.17, 15) is 15.0 Å². The molecule has 0 aliphatic carbocycles. The van der Waals surface area contributed by atoms with Crippen LogP contribution in [0.1, 0.15) is 28.0 Å². The van der Waals surface area contributed by atoms with Crippen LogP contribution >= 0.6 is 0 Å². The number of benzene rings is 3. The molecule has 1 aliphatic heterocycles. The van der Waals surface area contributed by atoms with Crippen LogP contribution in [0.3, 0.4) is 0 Å². The number of amides is 1. The number of likely N-dealkylation sites (N-methyl/N-ethyl adjacent to an activating group) is 1. The SMILES string of the molecule is Cc1c(C)n(CCCN2CCN(C)CC2)c2ccc(Oc3ccc(C(=O)Nc4cc(O)c(-c5ccncc5)c(O)c4)cc3)cc12. The lowest BCUT2D eigenvalue weighted by Gasteiger charge is -2.32. The van der Waals surface area contributed by atoms with Crippen molar-refractivity contribution in [3.05, 3.63) is 95.9 Å². The second kappa shape index (κ2) is 13.0. The van der Waals surface area contributed by atoms with E-state index in [0.29, 0.717) is 16.9 Å². The van der Waals surface area contributed by atoms with Crippen molar-refractivity contribution in [2.75, 3.05) is 45.1 Å². The molecule has 232 valence electrons. The molecule has 0 unspecified atom stereocenters. The van der Waals surface area contributed by atoms with Gasteiger partial charge in [-0.3, -0.25) is 9.78 Å². The van der Waals surface area contributed by atoms with Crippen LogP contribution < -0.4 is 10.1 Å². The van der Waals surface area contributed by atoms with E-state index >= 15 is 0 Å². The van der Waals surface area contributed by atoms with Crippen LogP contribution in [-0.2, 0) is 6.54 Å². The average Bonchev–Trinajstić information content (AvgIpc) is 3.27. The molecular formula is C36H39N5O4. The molecule has 3 aromatic carbocycles. The van der Waals surface area contributed by atoms with Crippen molar-refractivity contribution < 1.29 is 19.7 Å². The van der Waals surface area contributed by atoms with E-state index < -0.39 is 0 Å². The van der Waals surface area contributed by atoms with Crippen molar-refractivity contribution >= 4 is 22.5 Å². The highest BCUT2D eigenvalue weighted by Gasteiger charge is 2.17. The number of phenolic OH excluding ortho intramolecular Hbond substituents is 2. The Balaban J connectivity index is 1.09. The first-order chi connectivity index (χ1) is 21.8. The lowest BCUT2D eigenvalue weighted by Crippen LogP contribution is -2.44. The van der Waals surface area contributed by atoms with Gasteiger partial charge < -0.3 is 34.6 Å². The first kappa shape index (κ1) is 30.2. The smallest absolute Gasteiger partial charge is 0.255 e. The van der Waals surface area contributed by atoms with Crippen molar-refractivity contribution in [1.29, 1.82) is 0 Å². The summed E-state index contributed by atoms with van der Waals surface area (Å²) in [4.78, 5) is 21.8. The number of carbonyl (C=O) groups is 1. The maximum atomic E-state index is 12.9. The Labute approximate surface area is 263 Å². The number of hydrogen-bond donors (Lipinski definition) is 3. The summed E-state index contributed by atoms with van der Waals surface area (Å²) >= 11 is 0. The standard InChI is InChI=1S/C36H39N5O4/c1-24-25(2)41(16-4-15-40-19-17-39(3)18-20-40)32-10-9-30(23-31(24)32)45-29-7-5-27(6-8-29)36(44)38-28-21-33(42)35(34(43)22-28)26-11-13-37-14-12-26/h5-14,21-23,42-43H,4,15-20H2,1-3H3,(H,38,44). The number of phenols is 2. The maximum Gasteiger partial charge on any atom is 0.255 e. The third-order valence-electron chi connectivity index (χ3n) is 8.74. The molecule has 45 heavy (non-hydrogen) atoms. The molecule has 0 saturated carbocycles. The number of aryl methyl sites for hydroxylation is 2. The molecule has 1 saturated heterocycles. The number of carbonyl (C=O) groups excluding carboxylic acids is 1. The summed E-state index contributed by atoms with van der Waals surface area (Å²) in [5.74, 6) is 0.673. The molecule has 1 aliphatic rings. The fourth-order valence-corrected chi connectivity index (χ4v) is 6.02. The van der Waals surface area contributed by atoms with Gasteiger partial charge in [-0.15, -0.1) is 0 Å². The quantitative estimate of drug-likeness (QED) is 0.178. The first-order valence-corrected chi connectivity index (χ1v) is 15.3. The Morgan fingerprint density at radius 1 is 0.867 bits per heavy atom. The number of nitrogens with one attached hydrogen (secondary N) is 1. The predicted molar refractivity (Wildman–Crippen MR) is 177 cm³/mol. The minimum absolute atomic E-state index is 0.149. The van der Waals surface area contributed by atoms with Crippen molar-refractivity contribution in [1.82, 2.24) is 19.4 Å². The van der Waals surface area contributed by atoms with Gasteiger partial charge in [0, 0.05) is 85.1 Å². The summed E-state index contributed by atoms with van der Waals surface area (Å²) in [6.07, 6.45) is 4.27. The van der Waals surface area contributed by atoms with Gasteiger partial charge in [0.15, 0.2) is 0 Å². The van der Waals surface area contributed by atoms with Crippen LogP contribution in [0.5, 0.6) is 23.0 Å². The molecule has 9 heteroatoms. The van der Waals surface area contributed by atoms with Crippen molar-refractivity contribution in [3.8, 4) is 34.1 Å². The predicted octanol–water partition coefficient (Wildman–Crippen LogP) is 6.41. The Bertz CT molecular complexity index is 1790. The molecule has 2 aromatic heterocycles. The van der Waals surface area contributed by atoms with Crippen LogP contribution in [0.4, 0.5) is 5.69 Å². The number of fused-ring (bicyclic) bond motifs is 1. The molecule has 0 bridgehead atoms. The van der Waals surface area contributed by atoms with Gasteiger partial charge in [-0.25, -0.2) is 0 Å². The number of anilines is 1. The largest absolute Gasteiger partial charge is 0.507 e. The van der Waals surface area contributed by atoms with E-state index in [-0.39, 0.29) is 28.7 Å². The van der Waals surface area contributed by atoms with E-state index in [1.807, 2.05) is 6.07 Å². The zero-order chi connectivity index (χ0) is 31.5. The second-order valence-corrected chi connectivity index (χ2v) is 11.7. The number of piperazine rings is 1. The zero-order valence-electron chi connectivity index (χ0n) is 26.0. The number of nitrogens with zero attached hydrogens (tertiary/aromatic N) is 4. The highest BCUT2D eigenvalue weighted by Crippen LogP contribution is 2.39. The number of ether oxygens (including phenoxy) is 1. The molecule has 0 radical (unpaired) electrons. The summed E-state index contributed by atoms with van der Waals surface area (Å²) in [5, 5.41) is 25.0. The lowest BCUT2D eigenvalue weighted by atomic mass is 10.0. The van der Waals surface area contributed by atoms with Crippen molar-refractivity contribution in [2.24, 2.45) is 0 Å².